The van der Waals surface area contributed by atoms with Gasteiger partial charge in [0, 0.05) is 5.56 Å². The summed E-state index contributed by atoms with van der Waals surface area (Å²) >= 11 is 5.65. The lowest BCUT2D eigenvalue weighted by atomic mass is 10.1. The molecule has 5 heteroatoms. The van der Waals surface area contributed by atoms with Crippen LogP contribution in [0.3, 0.4) is 0 Å². The standard InChI is InChI=1S/C7H8ClN3O/c8-6-4(9)1-3(7(11)12)2-5(6)10/h1-2H,9-10H2,(H2,11,12). The second-order valence-electron chi connectivity index (χ2n) is 2.33. The zero-order valence-electron chi connectivity index (χ0n) is 6.17. The molecule has 0 aliphatic heterocycles. The van der Waals surface area contributed by atoms with E-state index in [-0.39, 0.29) is 22.0 Å². The molecule has 0 spiro atoms. The minimum atomic E-state index is -0.579. The third-order valence-electron chi connectivity index (χ3n) is 1.41. The summed E-state index contributed by atoms with van der Waals surface area (Å²) in [5.41, 5.74) is 16.7. The Morgan fingerprint density at radius 2 is 1.67 bits per heavy atom. The lowest BCUT2D eigenvalue weighted by Crippen LogP contribution is -2.12. The number of anilines is 2. The van der Waals surface area contributed by atoms with Gasteiger partial charge in [-0.3, -0.25) is 4.79 Å². The van der Waals surface area contributed by atoms with Crippen molar-refractivity contribution in [3.63, 3.8) is 0 Å². The molecular formula is C7H8ClN3O. The first-order valence-corrected chi connectivity index (χ1v) is 3.54. The molecule has 64 valence electrons. The molecule has 0 aliphatic carbocycles. The predicted octanol–water partition coefficient (Wildman–Crippen LogP) is 0.603. The Balaban J connectivity index is 3.31. The molecule has 0 aliphatic rings. The maximum atomic E-state index is 10.7. The molecule has 0 unspecified atom stereocenters. The summed E-state index contributed by atoms with van der Waals surface area (Å²) in [7, 11) is 0. The molecule has 0 fully saturated rings. The Labute approximate surface area is 74.3 Å². The number of amides is 1. The smallest absolute Gasteiger partial charge is 0.248 e. The van der Waals surface area contributed by atoms with E-state index in [1.807, 2.05) is 0 Å². The van der Waals surface area contributed by atoms with Crippen molar-refractivity contribution in [3.8, 4) is 0 Å². The number of primary amides is 1. The third-order valence-corrected chi connectivity index (χ3v) is 1.85. The van der Waals surface area contributed by atoms with Gasteiger partial charge in [-0.2, -0.15) is 0 Å². The van der Waals surface area contributed by atoms with Gasteiger partial charge in [0.1, 0.15) is 0 Å². The molecule has 1 aromatic rings. The first kappa shape index (κ1) is 8.67. The fourth-order valence-electron chi connectivity index (χ4n) is 0.812. The van der Waals surface area contributed by atoms with Crippen molar-refractivity contribution >= 4 is 28.9 Å². The molecule has 0 radical (unpaired) electrons. The zero-order valence-corrected chi connectivity index (χ0v) is 6.93. The van der Waals surface area contributed by atoms with E-state index in [1.54, 1.807) is 0 Å². The van der Waals surface area contributed by atoms with E-state index in [9.17, 15) is 4.79 Å². The molecule has 6 N–H and O–H groups in total. The van der Waals surface area contributed by atoms with Gasteiger partial charge in [-0.05, 0) is 12.1 Å². The van der Waals surface area contributed by atoms with E-state index in [1.165, 1.54) is 12.1 Å². The molecule has 1 amide bonds. The van der Waals surface area contributed by atoms with Gasteiger partial charge in [0.15, 0.2) is 0 Å². The molecular weight excluding hydrogens is 178 g/mol. The topological polar surface area (TPSA) is 95.1 Å². The Kier molecular flexibility index (Phi) is 2.10. The van der Waals surface area contributed by atoms with Crippen LogP contribution >= 0.6 is 11.6 Å². The van der Waals surface area contributed by atoms with Crippen LogP contribution in [0.15, 0.2) is 12.1 Å². The summed E-state index contributed by atoms with van der Waals surface area (Å²) in [5.74, 6) is -0.579. The van der Waals surface area contributed by atoms with Gasteiger partial charge in [0.2, 0.25) is 5.91 Å². The number of rotatable bonds is 1. The highest BCUT2D eigenvalue weighted by Crippen LogP contribution is 2.26. The van der Waals surface area contributed by atoms with Crippen molar-refractivity contribution in [2.24, 2.45) is 5.73 Å². The van der Waals surface area contributed by atoms with Crippen molar-refractivity contribution in [1.29, 1.82) is 0 Å². The number of halogens is 1. The Morgan fingerprint density at radius 3 is 2.00 bits per heavy atom. The number of hydrogen-bond acceptors (Lipinski definition) is 3. The van der Waals surface area contributed by atoms with Crippen LogP contribution in [-0.2, 0) is 0 Å². The van der Waals surface area contributed by atoms with Crippen LogP contribution in [0, 0.1) is 0 Å². The highest BCUT2D eigenvalue weighted by Gasteiger charge is 2.06. The van der Waals surface area contributed by atoms with Gasteiger partial charge in [-0.15, -0.1) is 0 Å². The van der Waals surface area contributed by atoms with Crippen molar-refractivity contribution < 1.29 is 4.79 Å². The van der Waals surface area contributed by atoms with Gasteiger partial charge < -0.3 is 17.2 Å². The lowest BCUT2D eigenvalue weighted by Gasteiger charge is -2.03. The highest BCUT2D eigenvalue weighted by atomic mass is 35.5. The monoisotopic (exact) mass is 185 g/mol. The summed E-state index contributed by atoms with van der Waals surface area (Å²) in [4.78, 5) is 10.7. The van der Waals surface area contributed by atoms with Crippen molar-refractivity contribution in [2.45, 2.75) is 0 Å². The molecule has 12 heavy (non-hydrogen) atoms. The number of benzene rings is 1. The number of hydrogen-bond donors (Lipinski definition) is 3. The number of nitrogen functional groups attached to an aromatic ring is 2. The second-order valence-corrected chi connectivity index (χ2v) is 2.71. The van der Waals surface area contributed by atoms with Crippen LogP contribution in [0.1, 0.15) is 10.4 Å². The molecule has 1 rings (SSSR count). The molecule has 0 aromatic heterocycles. The first-order chi connectivity index (χ1) is 5.52. The van der Waals surface area contributed by atoms with Crippen LogP contribution in [-0.4, -0.2) is 5.91 Å². The summed E-state index contributed by atoms with van der Waals surface area (Å²) in [6.07, 6.45) is 0. The molecule has 0 heterocycles. The SMILES string of the molecule is NC(=O)c1cc(N)c(Cl)c(N)c1. The molecule has 0 atom stereocenters. The van der Waals surface area contributed by atoms with E-state index in [0.29, 0.717) is 0 Å². The van der Waals surface area contributed by atoms with Crippen molar-refractivity contribution in [3.05, 3.63) is 22.7 Å². The summed E-state index contributed by atoms with van der Waals surface area (Å²) in [6.45, 7) is 0. The van der Waals surface area contributed by atoms with Crippen LogP contribution in [0.25, 0.3) is 0 Å². The fourth-order valence-corrected chi connectivity index (χ4v) is 0.921. The van der Waals surface area contributed by atoms with E-state index >= 15 is 0 Å². The molecule has 0 saturated heterocycles. The van der Waals surface area contributed by atoms with Gasteiger partial charge in [0.05, 0.1) is 16.4 Å². The van der Waals surface area contributed by atoms with E-state index in [0.717, 1.165) is 0 Å². The number of carbonyl (C=O) groups excluding carboxylic acids is 1. The molecule has 1 aromatic carbocycles. The first-order valence-electron chi connectivity index (χ1n) is 3.16. The predicted molar refractivity (Wildman–Crippen MR) is 48.8 cm³/mol. The summed E-state index contributed by atoms with van der Waals surface area (Å²) < 4.78 is 0. The fraction of sp³-hybridized carbons (Fsp3) is 0. The second kappa shape index (κ2) is 2.91. The minimum Gasteiger partial charge on any atom is -0.397 e. The minimum absolute atomic E-state index is 0.250. The third kappa shape index (κ3) is 1.43. The quantitative estimate of drug-likeness (QED) is 0.560. The Hall–Kier alpha value is -1.42. The maximum Gasteiger partial charge on any atom is 0.248 e. The molecule has 0 bridgehead atoms. The van der Waals surface area contributed by atoms with Crippen LogP contribution in [0.5, 0.6) is 0 Å². The van der Waals surface area contributed by atoms with Crippen molar-refractivity contribution in [2.75, 3.05) is 11.5 Å². The Morgan fingerprint density at radius 1 is 1.25 bits per heavy atom. The molecule has 0 saturated carbocycles. The number of carbonyl (C=O) groups is 1. The lowest BCUT2D eigenvalue weighted by molar-refractivity contribution is 0.100. The largest absolute Gasteiger partial charge is 0.397 e. The zero-order chi connectivity index (χ0) is 9.30. The van der Waals surface area contributed by atoms with Gasteiger partial charge in [-0.25, -0.2) is 0 Å². The van der Waals surface area contributed by atoms with Crippen LogP contribution in [0.4, 0.5) is 11.4 Å². The summed E-state index contributed by atoms with van der Waals surface area (Å²) in [5, 5.41) is 0.250. The average Bonchev–Trinajstić information content (AvgIpc) is 1.99. The highest BCUT2D eigenvalue weighted by molar-refractivity contribution is 6.35. The van der Waals surface area contributed by atoms with Gasteiger partial charge >= 0.3 is 0 Å². The van der Waals surface area contributed by atoms with E-state index in [4.69, 9.17) is 28.8 Å². The van der Waals surface area contributed by atoms with E-state index < -0.39 is 5.91 Å². The summed E-state index contributed by atoms with van der Waals surface area (Å²) in [6, 6.07) is 2.78. The number of nitrogens with two attached hydrogens (primary N) is 3. The Bertz CT molecular complexity index is 314. The van der Waals surface area contributed by atoms with Gasteiger partial charge in [0.25, 0.3) is 0 Å². The van der Waals surface area contributed by atoms with Crippen LogP contribution in [0.2, 0.25) is 5.02 Å². The average molecular weight is 186 g/mol. The van der Waals surface area contributed by atoms with Crippen molar-refractivity contribution in [1.82, 2.24) is 0 Å². The van der Waals surface area contributed by atoms with E-state index in [2.05, 4.69) is 0 Å². The maximum absolute atomic E-state index is 10.7. The van der Waals surface area contributed by atoms with Crippen LogP contribution < -0.4 is 17.2 Å². The molecule has 4 nitrogen and oxygen atoms in total. The van der Waals surface area contributed by atoms with Gasteiger partial charge in [-0.1, -0.05) is 11.6 Å². The normalized spacial score (nSPS) is 9.75.